The molecule has 3 nitrogen and oxygen atoms in total. The maximum Gasteiger partial charge on any atom is 0.227 e. The Morgan fingerprint density at radius 2 is 2.00 bits per heavy atom. The summed E-state index contributed by atoms with van der Waals surface area (Å²) in [5.74, 6) is -0.325. The number of hydrogen-bond donors (Lipinski definition) is 1. The van der Waals surface area contributed by atoms with Crippen molar-refractivity contribution >= 4 is 28.3 Å². The summed E-state index contributed by atoms with van der Waals surface area (Å²) in [5.41, 5.74) is -0.206. The van der Waals surface area contributed by atoms with Crippen molar-refractivity contribution in [3.63, 3.8) is 0 Å². The summed E-state index contributed by atoms with van der Waals surface area (Å²) in [4.78, 5) is 20.8. The number of ketones is 1. The van der Waals surface area contributed by atoms with Crippen LogP contribution < -0.4 is 0 Å². The van der Waals surface area contributed by atoms with Crippen LogP contribution in [0.15, 0.2) is 0 Å². The monoisotopic (exact) mass is 161 g/mol. The summed E-state index contributed by atoms with van der Waals surface area (Å²) >= 11 is 4.94. The molecule has 0 atom stereocenters. The van der Waals surface area contributed by atoms with Gasteiger partial charge in [0.25, 0.3) is 0 Å². The zero-order chi connectivity index (χ0) is 8.15. The highest BCUT2D eigenvalue weighted by Crippen LogP contribution is 1.94. The summed E-state index contributed by atoms with van der Waals surface area (Å²) in [6.45, 7) is 1.63. The van der Waals surface area contributed by atoms with Crippen molar-refractivity contribution in [3.05, 3.63) is 0 Å². The van der Waals surface area contributed by atoms with Gasteiger partial charge in [0.2, 0.25) is 5.24 Å². The van der Waals surface area contributed by atoms with Crippen LogP contribution in [-0.2, 0) is 9.59 Å². The predicted molar refractivity (Wildman–Crippen MR) is 38.5 cm³/mol. The Morgan fingerprint density at radius 3 is 2.30 bits per heavy atom. The SMILES string of the molecule is CCC(=O)C(=N)CC(=O)Cl. The van der Waals surface area contributed by atoms with E-state index in [1.54, 1.807) is 6.92 Å². The first kappa shape index (κ1) is 9.30. The van der Waals surface area contributed by atoms with E-state index in [-0.39, 0.29) is 24.3 Å². The maximum atomic E-state index is 10.6. The van der Waals surface area contributed by atoms with Gasteiger partial charge in [0.1, 0.15) is 0 Å². The van der Waals surface area contributed by atoms with Crippen LogP contribution in [0.25, 0.3) is 0 Å². The predicted octanol–water partition coefficient (Wildman–Crippen LogP) is 1.14. The van der Waals surface area contributed by atoms with Gasteiger partial charge in [-0.3, -0.25) is 9.59 Å². The van der Waals surface area contributed by atoms with Gasteiger partial charge in [-0.2, -0.15) is 0 Å². The molecule has 0 aromatic heterocycles. The number of hydrogen-bond acceptors (Lipinski definition) is 3. The molecule has 0 fully saturated rings. The summed E-state index contributed by atoms with van der Waals surface area (Å²) in [5, 5.41) is 6.31. The number of carbonyl (C=O) groups is 2. The summed E-state index contributed by atoms with van der Waals surface area (Å²) < 4.78 is 0. The van der Waals surface area contributed by atoms with E-state index in [4.69, 9.17) is 17.0 Å². The van der Waals surface area contributed by atoms with Gasteiger partial charge in [0.15, 0.2) is 5.78 Å². The molecule has 0 aliphatic carbocycles. The fourth-order valence-electron chi connectivity index (χ4n) is 0.451. The van der Waals surface area contributed by atoms with Gasteiger partial charge in [0.05, 0.1) is 12.1 Å². The van der Waals surface area contributed by atoms with Crippen LogP contribution >= 0.6 is 11.6 Å². The lowest BCUT2D eigenvalue weighted by molar-refractivity contribution is -0.114. The number of rotatable bonds is 4. The molecule has 56 valence electrons. The van der Waals surface area contributed by atoms with Gasteiger partial charge in [-0.25, -0.2) is 0 Å². The second-order valence-electron chi connectivity index (χ2n) is 1.79. The third-order valence-electron chi connectivity index (χ3n) is 0.973. The Labute approximate surface area is 63.9 Å². The zero-order valence-corrected chi connectivity index (χ0v) is 6.36. The molecule has 0 heterocycles. The summed E-state index contributed by atoms with van der Waals surface area (Å²) in [6, 6.07) is 0. The molecule has 0 rings (SSSR count). The highest BCUT2D eigenvalue weighted by Gasteiger charge is 2.09. The van der Waals surface area contributed by atoms with Crippen LogP contribution in [-0.4, -0.2) is 16.7 Å². The van der Waals surface area contributed by atoms with Crippen molar-refractivity contribution in [1.29, 1.82) is 5.41 Å². The number of Topliss-reactive ketones (excluding diaryl/α,β-unsaturated/α-hetero) is 1. The third kappa shape index (κ3) is 3.35. The Kier molecular flexibility index (Phi) is 3.88. The molecule has 0 aliphatic heterocycles. The lowest BCUT2D eigenvalue weighted by Gasteiger charge is -1.93. The maximum absolute atomic E-state index is 10.6. The molecule has 1 N–H and O–H groups in total. The molecule has 0 aromatic rings. The topological polar surface area (TPSA) is 58.0 Å². The third-order valence-corrected chi connectivity index (χ3v) is 1.11. The second kappa shape index (κ2) is 4.17. The molecule has 4 heteroatoms. The van der Waals surface area contributed by atoms with Crippen molar-refractivity contribution in [1.82, 2.24) is 0 Å². The van der Waals surface area contributed by atoms with Crippen LogP contribution in [0, 0.1) is 5.41 Å². The van der Waals surface area contributed by atoms with E-state index in [0.29, 0.717) is 0 Å². The van der Waals surface area contributed by atoms with Gasteiger partial charge in [-0.15, -0.1) is 0 Å². The van der Waals surface area contributed by atoms with E-state index in [0.717, 1.165) is 0 Å². The fraction of sp³-hybridized carbons (Fsp3) is 0.500. The first-order valence-corrected chi connectivity index (χ1v) is 3.24. The van der Waals surface area contributed by atoms with E-state index < -0.39 is 5.24 Å². The van der Waals surface area contributed by atoms with Crippen molar-refractivity contribution in [3.8, 4) is 0 Å². The molecule has 0 spiro atoms. The van der Waals surface area contributed by atoms with Crippen LogP contribution in [0.3, 0.4) is 0 Å². The van der Waals surface area contributed by atoms with Crippen molar-refractivity contribution in [2.75, 3.05) is 0 Å². The fourth-order valence-corrected chi connectivity index (χ4v) is 0.585. The largest absolute Gasteiger partial charge is 0.301 e. The minimum absolute atomic E-state index is 0.206. The number of carbonyl (C=O) groups excluding carboxylic acids is 2. The molecule has 0 aromatic carbocycles. The summed E-state index contributed by atoms with van der Waals surface area (Å²) in [6.07, 6.45) is -0.00275. The van der Waals surface area contributed by atoms with E-state index in [1.165, 1.54) is 0 Å². The molecule has 0 saturated heterocycles. The Bertz CT molecular complexity index is 177. The zero-order valence-electron chi connectivity index (χ0n) is 5.61. The Balaban J connectivity index is 3.86. The quantitative estimate of drug-likeness (QED) is 0.497. The van der Waals surface area contributed by atoms with Gasteiger partial charge in [-0.1, -0.05) is 6.92 Å². The Morgan fingerprint density at radius 1 is 1.50 bits per heavy atom. The Hall–Kier alpha value is -0.700. The van der Waals surface area contributed by atoms with Crippen LogP contribution in [0.1, 0.15) is 19.8 Å². The smallest absolute Gasteiger partial charge is 0.227 e. The molecule has 0 aliphatic rings. The van der Waals surface area contributed by atoms with E-state index >= 15 is 0 Å². The summed E-state index contributed by atoms with van der Waals surface area (Å²) in [7, 11) is 0. The van der Waals surface area contributed by atoms with Crippen molar-refractivity contribution < 1.29 is 9.59 Å². The van der Waals surface area contributed by atoms with Crippen molar-refractivity contribution in [2.24, 2.45) is 0 Å². The molecule has 0 unspecified atom stereocenters. The van der Waals surface area contributed by atoms with E-state index in [1.807, 2.05) is 0 Å². The van der Waals surface area contributed by atoms with Crippen molar-refractivity contribution in [2.45, 2.75) is 19.8 Å². The van der Waals surface area contributed by atoms with E-state index in [9.17, 15) is 9.59 Å². The first-order chi connectivity index (χ1) is 4.57. The highest BCUT2D eigenvalue weighted by atomic mass is 35.5. The normalized spacial score (nSPS) is 9.00. The molecular formula is C6H8ClNO2. The lowest BCUT2D eigenvalue weighted by Crippen LogP contribution is -2.13. The highest BCUT2D eigenvalue weighted by molar-refractivity contribution is 6.66. The average molecular weight is 162 g/mol. The van der Waals surface area contributed by atoms with Gasteiger partial charge in [0, 0.05) is 6.42 Å². The van der Waals surface area contributed by atoms with Gasteiger partial charge < -0.3 is 5.41 Å². The molecule has 0 amide bonds. The lowest BCUT2D eigenvalue weighted by atomic mass is 10.1. The van der Waals surface area contributed by atoms with Crippen LogP contribution in [0.4, 0.5) is 0 Å². The molecule has 0 saturated carbocycles. The average Bonchev–Trinajstić information content (AvgIpc) is 1.85. The molecular weight excluding hydrogens is 154 g/mol. The number of halogens is 1. The first-order valence-electron chi connectivity index (χ1n) is 2.86. The van der Waals surface area contributed by atoms with Gasteiger partial charge in [-0.05, 0) is 11.6 Å². The minimum Gasteiger partial charge on any atom is -0.301 e. The molecule has 10 heavy (non-hydrogen) atoms. The second-order valence-corrected chi connectivity index (χ2v) is 2.21. The molecule has 0 radical (unpaired) electrons. The van der Waals surface area contributed by atoms with Crippen LogP contribution in [0.5, 0.6) is 0 Å². The standard InChI is InChI=1S/C6H8ClNO2/c1-2-5(9)4(8)3-6(7)10/h8H,2-3H2,1H3. The van der Waals surface area contributed by atoms with Gasteiger partial charge >= 0.3 is 0 Å². The van der Waals surface area contributed by atoms with E-state index in [2.05, 4.69) is 0 Å². The van der Waals surface area contributed by atoms with Crippen LogP contribution in [0.2, 0.25) is 0 Å². The minimum atomic E-state index is -0.660. The molecule has 0 bridgehead atoms. The number of nitrogens with one attached hydrogen (secondary N) is 1.